The molecule has 1 aliphatic heterocycles. The normalized spacial score (nSPS) is 12.9. The summed E-state index contributed by atoms with van der Waals surface area (Å²) in [4.78, 5) is 13.3. The molecule has 6 heteroatoms. The highest BCUT2D eigenvalue weighted by molar-refractivity contribution is 6.36. The van der Waals surface area contributed by atoms with Gasteiger partial charge in [-0.15, -0.1) is 0 Å². The van der Waals surface area contributed by atoms with Gasteiger partial charge < -0.3 is 19.5 Å². The lowest BCUT2D eigenvalue weighted by Crippen LogP contribution is -2.17. The largest absolute Gasteiger partial charge is 0.496 e. The van der Waals surface area contributed by atoms with E-state index in [0.717, 1.165) is 11.1 Å². The van der Waals surface area contributed by atoms with Crippen LogP contribution in [0.15, 0.2) is 66.7 Å². The van der Waals surface area contributed by atoms with E-state index in [1.807, 2.05) is 54.6 Å². The van der Waals surface area contributed by atoms with Crippen LogP contribution in [0.25, 0.3) is 11.6 Å². The van der Waals surface area contributed by atoms with E-state index in [1.165, 1.54) is 0 Å². The second-order valence-electron chi connectivity index (χ2n) is 6.60. The third-order valence-corrected chi connectivity index (χ3v) is 4.96. The van der Waals surface area contributed by atoms with Gasteiger partial charge in [0, 0.05) is 23.3 Å². The van der Waals surface area contributed by atoms with Crippen molar-refractivity contribution < 1.29 is 19.0 Å². The SMILES string of the molecule is COc1ccccc1/C=C(/C(=O)Nc1cc2c(cc1Cl)OCCO2)c1ccccc1. The van der Waals surface area contributed by atoms with Crippen molar-refractivity contribution in [1.82, 2.24) is 0 Å². The van der Waals surface area contributed by atoms with Gasteiger partial charge in [-0.1, -0.05) is 60.1 Å². The Morgan fingerprint density at radius 1 is 1.00 bits per heavy atom. The van der Waals surface area contributed by atoms with E-state index in [-0.39, 0.29) is 5.91 Å². The summed E-state index contributed by atoms with van der Waals surface area (Å²) in [5.41, 5.74) is 2.50. The maximum Gasteiger partial charge on any atom is 0.256 e. The van der Waals surface area contributed by atoms with Gasteiger partial charge in [0.05, 0.1) is 17.8 Å². The molecule has 0 aliphatic carbocycles. The summed E-state index contributed by atoms with van der Waals surface area (Å²) in [7, 11) is 1.60. The molecule has 0 spiro atoms. The Morgan fingerprint density at radius 2 is 1.67 bits per heavy atom. The average molecular weight is 422 g/mol. The van der Waals surface area contributed by atoms with Crippen LogP contribution in [0.4, 0.5) is 5.69 Å². The second-order valence-corrected chi connectivity index (χ2v) is 7.00. The van der Waals surface area contributed by atoms with Crippen molar-refractivity contribution in [3.05, 3.63) is 82.9 Å². The minimum atomic E-state index is -0.300. The van der Waals surface area contributed by atoms with Crippen LogP contribution < -0.4 is 19.5 Å². The van der Waals surface area contributed by atoms with Crippen molar-refractivity contribution in [2.45, 2.75) is 0 Å². The quantitative estimate of drug-likeness (QED) is 0.448. The molecular formula is C24H20ClNO4. The fraction of sp³-hybridized carbons (Fsp3) is 0.125. The van der Waals surface area contributed by atoms with Crippen LogP contribution in [0.3, 0.4) is 0 Å². The zero-order valence-corrected chi connectivity index (χ0v) is 17.1. The Balaban J connectivity index is 1.71. The number of hydrogen-bond acceptors (Lipinski definition) is 4. The number of halogens is 1. The maximum absolute atomic E-state index is 13.3. The fourth-order valence-electron chi connectivity index (χ4n) is 3.19. The molecule has 3 aromatic rings. The average Bonchev–Trinajstić information content (AvgIpc) is 2.78. The summed E-state index contributed by atoms with van der Waals surface area (Å²) in [6, 6.07) is 20.3. The molecule has 1 aliphatic rings. The monoisotopic (exact) mass is 421 g/mol. The molecule has 1 heterocycles. The number of hydrogen-bond donors (Lipinski definition) is 1. The Kier molecular flexibility index (Phi) is 5.91. The lowest BCUT2D eigenvalue weighted by atomic mass is 10.0. The first-order valence-corrected chi connectivity index (χ1v) is 9.84. The molecule has 0 bridgehead atoms. The van der Waals surface area contributed by atoms with Gasteiger partial charge in [-0.3, -0.25) is 4.79 Å². The lowest BCUT2D eigenvalue weighted by Gasteiger charge is -2.20. The minimum absolute atomic E-state index is 0.300. The van der Waals surface area contributed by atoms with Gasteiger partial charge in [0.15, 0.2) is 11.5 Å². The van der Waals surface area contributed by atoms with Gasteiger partial charge >= 0.3 is 0 Å². The molecule has 0 unspecified atom stereocenters. The van der Waals surface area contributed by atoms with Crippen LogP contribution in [-0.2, 0) is 4.79 Å². The van der Waals surface area contributed by atoms with Gasteiger partial charge in [-0.2, -0.15) is 0 Å². The predicted molar refractivity (Wildman–Crippen MR) is 118 cm³/mol. The maximum atomic E-state index is 13.3. The number of anilines is 1. The number of rotatable bonds is 5. The van der Waals surface area contributed by atoms with Gasteiger partial charge in [0.2, 0.25) is 0 Å². The molecule has 30 heavy (non-hydrogen) atoms. The van der Waals surface area contributed by atoms with E-state index < -0.39 is 0 Å². The molecule has 5 nitrogen and oxygen atoms in total. The molecule has 0 aromatic heterocycles. The van der Waals surface area contributed by atoms with Gasteiger partial charge in [-0.25, -0.2) is 0 Å². The fourth-order valence-corrected chi connectivity index (χ4v) is 3.39. The molecule has 0 saturated carbocycles. The minimum Gasteiger partial charge on any atom is -0.496 e. The smallest absolute Gasteiger partial charge is 0.256 e. The number of nitrogens with one attached hydrogen (secondary N) is 1. The first kappa shape index (κ1) is 19.9. The molecule has 0 fully saturated rings. The van der Waals surface area contributed by atoms with Crippen LogP contribution in [-0.4, -0.2) is 26.2 Å². The highest BCUT2D eigenvalue weighted by atomic mass is 35.5. The summed E-state index contributed by atoms with van der Waals surface area (Å²) in [5.74, 6) is 1.50. The number of carbonyl (C=O) groups is 1. The molecule has 0 atom stereocenters. The molecular weight excluding hydrogens is 402 g/mol. The third-order valence-electron chi connectivity index (χ3n) is 4.65. The summed E-state index contributed by atoms with van der Waals surface area (Å²) in [5, 5.41) is 3.27. The molecule has 1 amide bonds. The Morgan fingerprint density at radius 3 is 2.40 bits per heavy atom. The Bertz CT molecular complexity index is 1100. The number of para-hydroxylation sites is 1. The highest BCUT2D eigenvalue weighted by Gasteiger charge is 2.19. The van der Waals surface area contributed by atoms with Crippen molar-refractivity contribution in [3.63, 3.8) is 0 Å². The van der Waals surface area contributed by atoms with Crippen LogP contribution >= 0.6 is 11.6 Å². The molecule has 3 aromatic carbocycles. The zero-order chi connectivity index (χ0) is 20.9. The van der Waals surface area contributed by atoms with Crippen LogP contribution in [0.2, 0.25) is 5.02 Å². The first-order valence-electron chi connectivity index (χ1n) is 9.46. The van der Waals surface area contributed by atoms with Crippen LogP contribution in [0, 0.1) is 0 Å². The van der Waals surface area contributed by atoms with E-state index in [2.05, 4.69) is 5.32 Å². The predicted octanol–water partition coefficient (Wildman–Crippen LogP) is 5.30. The summed E-state index contributed by atoms with van der Waals surface area (Å²) in [6.07, 6.45) is 1.80. The number of carbonyl (C=O) groups excluding carboxylic acids is 1. The van der Waals surface area contributed by atoms with Crippen molar-refractivity contribution in [2.24, 2.45) is 0 Å². The molecule has 4 rings (SSSR count). The van der Waals surface area contributed by atoms with Crippen molar-refractivity contribution in [3.8, 4) is 17.2 Å². The van der Waals surface area contributed by atoms with E-state index in [4.69, 9.17) is 25.8 Å². The standard InChI is InChI=1S/C24H20ClNO4/c1-28-21-10-6-5-9-17(21)13-18(16-7-3-2-4-8-16)24(27)26-20-15-23-22(14-19(20)25)29-11-12-30-23/h2-10,13-15H,11-12H2,1H3,(H,26,27)/b18-13+. The van der Waals surface area contributed by atoms with Gasteiger partial charge in [-0.05, 0) is 17.7 Å². The summed E-state index contributed by atoms with van der Waals surface area (Å²) in [6.45, 7) is 0.916. The van der Waals surface area contributed by atoms with E-state index in [9.17, 15) is 4.79 Å². The van der Waals surface area contributed by atoms with E-state index in [1.54, 1.807) is 25.3 Å². The number of benzene rings is 3. The molecule has 0 radical (unpaired) electrons. The van der Waals surface area contributed by atoms with Crippen molar-refractivity contribution in [2.75, 3.05) is 25.6 Å². The third kappa shape index (κ3) is 4.26. The van der Waals surface area contributed by atoms with Crippen molar-refractivity contribution in [1.29, 1.82) is 0 Å². The highest BCUT2D eigenvalue weighted by Crippen LogP contribution is 2.38. The zero-order valence-electron chi connectivity index (χ0n) is 16.4. The lowest BCUT2D eigenvalue weighted by molar-refractivity contribution is -0.111. The summed E-state index contributed by atoms with van der Waals surface area (Å²) < 4.78 is 16.6. The van der Waals surface area contributed by atoms with Crippen molar-refractivity contribution >= 4 is 34.8 Å². The molecule has 152 valence electrons. The van der Waals surface area contributed by atoms with Crippen LogP contribution in [0.1, 0.15) is 11.1 Å². The number of methoxy groups -OCH3 is 1. The number of ether oxygens (including phenoxy) is 3. The van der Waals surface area contributed by atoms with Gasteiger partial charge in [0.25, 0.3) is 5.91 Å². The summed E-state index contributed by atoms with van der Waals surface area (Å²) >= 11 is 6.37. The van der Waals surface area contributed by atoms with Gasteiger partial charge in [0.1, 0.15) is 19.0 Å². The second kappa shape index (κ2) is 8.93. The topological polar surface area (TPSA) is 56.8 Å². The van der Waals surface area contributed by atoms with Crippen LogP contribution in [0.5, 0.6) is 17.2 Å². The Labute approximate surface area is 179 Å². The number of fused-ring (bicyclic) bond motifs is 1. The Hall–Kier alpha value is -3.44. The number of amides is 1. The first-order chi connectivity index (χ1) is 14.7. The van der Waals surface area contributed by atoms with E-state index in [0.29, 0.717) is 46.7 Å². The van der Waals surface area contributed by atoms with E-state index >= 15 is 0 Å². The molecule has 0 saturated heterocycles. The molecule has 1 N–H and O–H groups in total.